The molecule has 6 nitrogen and oxygen atoms in total. The Morgan fingerprint density at radius 2 is 1.32 bits per heavy atom. The molecule has 0 fully saturated rings. The van der Waals surface area contributed by atoms with Gasteiger partial charge in [-0.3, -0.25) is 9.36 Å². The van der Waals surface area contributed by atoms with Crippen molar-refractivity contribution in [2.75, 3.05) is 7.11 Å². The first-order valence-corrected chi connectivity index (χ1v) is 13.5. The van der Waals surface area contributed by atoms with Gasteiger partial charge in [0.05, 0.1) is 7.11 Å². The Morgan fingerprint density at radius 1 is 0.871 bits per heavy atom. The van der Waals surface area contributed by atoms with Gasteiger partial charge in [-0.2, -0.15) is 0 Å². The molecule has 1 aromatic carbocycles. The molecule has 0 heterocycles. The number of carbonyl (C=O) groups is 1. The third-order valence-corrected chi connectivity index (χ3v) is 6.67. The molecule has 0 radical (unpaired) electrons. The summed E-state index contributed by atoms with van der Waals surface area (Å²) < 4.78 is 16.9. The second-order valence-electron chi connectivity index (χ2n) is 8.32. The monoisotopic (exact) mass is 455 g/mol. The molecule has 7 heteroatoms. The zero-order valence-corrected chi connectivity index (χ0v) is 20.2. The highest BCUT2D eigenvalue weighted by Gasteiger charge is 2.31. The van der Waals surface area contributed by atoms with E-state index in [9.17, 15) is 19.1 Å². The number of carbonyl (C=O) groups excluding carboxylic acids is 1. The van der Waals surface area contributed by atoms with Crippen LogP contribution in [0, 0.1) is 0 Å². The van der Waals surface area contributed by atoms with Crippen LogP contribution in [0.1, 0.15) is 108 Å². The Balaban J connectivity index is 2.17. The highest BCUT2D eigenvalue weighted by Crippen LogP contribution is 2.50. The Hall–Kier alpha value is -1.36. The Labute approximate surface area is 188 Å². The molecule has 0 saturated heterocycles. The standard InChI is InChI=1S/C24H42NO5P/c1-3-4-5-6-7-8-9-10-11-12-13-14-15-16-23(26)25-24(31(27,28)29)21-17-19-22(30-2)20-18-21/h17-20,24H,3-16H2,1-2H3,(H,25,26)(H2,27,28,29). The minimum atomic E-state index is -4.52. The highest BCUT2D eigenvalue weighted by molar-refractivity contribution is 7.52. The van der Waals surface area contributed by atoms with Gasteiger partial charge < -0.3 is 19.8 Å². The van der Waals surface area contributed by atoms with Gasteiger partial charge in [-0.1, -0.05) is 96.1 Å². The van der Waals surface area contributed by atoms with E-state index in [0.717, 1.165) is 19.3 Å². The lowest BCUT2D eigenvalue weighted by Gasteiger charge is -2.20. The summed E-state index contributed by atoms with van der Waals surface area (Å²) in [7, 11) is -3.00. The molecule has 1 amide bonds. The molecule has 0 aliphatic heterocycles. The quantitative estimate of drug-likeness (QED) is 0.174. The Kier molecular flexibility index (Phi) is 14.5. The van der Waals surface area contributed by atoms with E-state index in [4.69, 9.17) is 4.74 Å². The smallest absolute Gasteiger partial charge is 0.352 e. The number of nitrogens with one attached hydrogen (secondary N) is 1. The van der Waals surface area contributed by atoms with Crippen molar-refractivity contribution in [3.8, 4) is 5.75 Å². The summed E-state index contributed by atoms with van der Waals surface area (Å²) in [6.45, 7) is 2.24. The van der Waals surface area contributed by atoms with Crippen LogP contribution in [0.25, 0.3) is 0 Å². The molecular weight excluding hydrogens is 413 g/mol. The molecule has 1 atom stereocenters. The van der Waals surface area contributed by atoms with Crippen molar-refractivity contribution in [2.45, 2.75) is 103 Å². The molecular formula is C24H42NO5P. The fourth-order valence-electron chi connectivity index (χ4n) is 3.68. The summed E-state index contributed by atoms with van der Waals surface area (Å²) in [5.41, 5.74) is 0.368. The number of methoxy groups -OCH3 is 1. The topological polar surface area (TPSA) is 95.9 Å². The van der Waals surface area contributed by atoms with Crippen molar-refractivity contribution in [2.24, 2.45) is 0 Å². The molecule has 1 aromatic rings. The molecule has 1 unspecified atom stereocenters. The number of benzene rings is 1. The molecule has 0 aliphatic carbocycles. The van der Waals surface area contributed by atoms with Crippen molar-refractivity contribution in [3.63, 3.8) is 0 Å². The number of hydrogen-bond acceptors (Lipinski definition) is 3. The van der Waals surface area contributed by atoms with Crippen LogP contribution in [-0.2, 0) is 9.36 Å². The van der Waals surface area contributed by atoms with E-state index in [-0.39, 0.29) is 12.3 Å². The minimum Gasteiger partial charge on any atom is -0.497 e. The molecule has 0 aromatic heterocycles. The lowest BCUT2D eigenvalue weighted by molar-refractivity contribution is -0.121. The molecule has 178 valence electrons. The summed E-state index contributed by atoms with van der Waals surface area (Å²) in [6, 6.07) is 6.37. The van der Waals surface area contributed by atoms with Crippen LogP contribution in [0.5, 0.6) is 5.75 Å². The van der Waals surface area contributed by atoms with Crippen molar-refractivity contribution in [1.29, 1.82) is 0 Å². The van der Waals surface area contributed by atoms with Gasteiger partial charge in [-0.25, -0.2) is 0 Å². The van der Waals surface area contributed by atoms with Gasteiger partial charge in [-0.05, 0) is 24.1 Å². The lowest BCUT2D eigenvalue weighted by atomic mass is 10.0. The summed E-state index contributed by atoms with van der Waals surface area (Å²) in [4.78, 5) is 31.5. The van der Waals surface area contributed by atoms with Gasteiger partial charge in [0.15, 0.2) is 5.78 Å². The Morgan fingerprint density at radius 3 is 1.74 bits per heavy atom. The summed E-state index contributed by atoms with van der Waals surface area (Å²) in [5.74, 6) is -1.06. The zero-order valence-electron chi connectivity index (χ0n) is 19.4. The van der Waals surface area contributed by atoms with Gasteiger partial charge in [0.2, 0.25) is 5.91 Å². The van der Waals surface area contributed by atoms with Crippen LogP contribution in [0.3, 0.4) is 0 Å². The average molecular weight is 456 g/mol. The number of amides is 1. The first-order valence-electron chi connectivity index (χ1n) is 11.9. The SMILES string of the molecule is CCCCCCCCCCCCCCCC(=O)NC(c1ccc(OC)cc1)P(=O)(O)O. The average Bonchev–Trinajstić information content (AvgIpc) is 2.74. The second-order valence-corrected chi connectivity index (χ2v) is 10.0. The van der Waals surface area contributed by atoms with E-state index in [1.54, 1.807) is 24.3 Å². The number of unbranched alkanes of at least 4 members (excludes halogenated alkanes) is 12. The normalized spacial score (nSPS) is 12.5. The number of hydrogen-bond donors (Lipinski definition) is 3. The molecule has 3 N–H and O–H groups in total. The molecule has 31 heavy (non-hydrogen) atoms. The third-order valence-electron chi connectivity index (χ3n) is 5.57. The van der Waals surface area contributed by atoms with Gasteiger partial charge >= 0.3 is 7.60 Å². The fraction of sp³-hybridized carbons (Fsp3) is 0.708. The van der Waals surface area contributed by atoms with Crippen LogP contribution in [-0.4, -0.2) is 22.8 Å². The predicted molar refractivity (Wildman–Crippen MR) is 126 cm³/mol. The largest absolute Gasteiger partial charge is 0.497 e. The van der Waals surface area contributed by atoms with Crippen LogP contribution >= 0.6 is 7.60 Å². The molecule has 0 spiro atoms. The minimum absolute atomic E-state index is 0.282. The van der Waals surface area contributed by atoms with E-state index in [1.807, 2.05) is 0 Å². The van der Waals surface area contributed by atoms with Gasteiger partial charge in [0.1, 0.15) is 5.75 Å². The zero-order chi connectivity index (χ0) is 23.0. The maximum absolute atomic E-state index is 12.2. The number of rotatable bonds is 18. The van der Waals surface area contributed by atoms with E-state index in [2.05, 4.69) is 12.2 Å². The first kappa shape index (κ1) is 27.7. The predicted octanol–water partition coefficient (Wildman–Crippen LogP) is 6.47. The van der Waals surface area contributed by atoms with E-state index in [0.29, 0.717) is 11.3 Å². The second kappa shape index (κ2) is 16.3. The van der Waals surface area contributed by atoms with Crippen LogP contribution in [0.15, 0.2) is 24.3 Å². The third kappa shape index (κ3) is 12.9. The maximum Gasteiger partial charge on any atom is 0.352 e. The van der Waals surface area contributed by atoms with Gasteiger partial charge in [0.25, 0.3) is 0 Å². The first-order chi connectivity index (χ1) is 14.9. The molecule has 1 rings (SSSR count). The van der Waals surface area contributed by atoms with Crippen LogP contribution in [0.2, 0.25) is 0 Å². The number of ether oxygens (including phenoxy) is 1. The van der Waals surface area contributed by atoms with Crippen LogP contribution < -0.4 is 10.1 Å². The summed E-state index contributed by atoms with van der Waals surface area (Å²) in [5, 5.41) is 2.51. The van der Waals surface area contributed by atoms with E-state index in [1.165, 1.54) is 71.3 Å². The van der Waals surface area contributed by atoms with Crippen LogP contribution in [0.4, 0.5) is 0 Å². The summed E-state index contributed by atoms with van der Waals surface area (Å²) in [6.07, 6.45) is 16.3. The van der Waals surface area contributed by atoms with Crippen molar-refractivity contribution >= 4 is 13.5 Å². The van der Waals surface area contributed by atoms with Crippen molar-refractivity contribution in [1.82, 2.24) is 5.32 Å². The molecule has 0 aliphatic rings. The molecule has 0 saturated carbocycles. The van der Waals surface area contributed by atoms with Crippen molar-refractivity contribution in [3.05, 3.63) is 29.8 Å². The van der Waals surface area contributed by atoms with Gasteiger partial charge in [0, 0.05) is 6.42 Å². The summed E-state index contributed by atoms with van der Waals surface area (Å²) >= 11 is 0. The fourth-order valence-corrected chi connectivity index (χ4v) is 4.55. The van der Waals surface area contributed by atoms with Crippen molar-refractivity contribution < 1.29 is 23.9 Å². The molecule has 0 bridgehead atoms. The lowest BCUT2D eigenvalue weighted by Crippen LogP contribution is -2.28. The van der Waals surface area contributed by atoms with Gasteiger partial charge in [-0.15, -0.1) is 0 Å². The Bertz CT molecular complexity index is 644. The van der Waals surface area contributed by atoms with E-state index < -0.39 is 13.4 Å². The maximum atomic E-state index is 12.2. The van der Waals surface area contributed by atoms with E-state index >= 15 is 0 Å². The highest BCUT2D eigenvalue weighted by atomic mass is 31.2.